The largest absolute Gasteiger partial charge is 0.350 e. The van der Waals surface area contributed by atoms with Gasteiger partial charge in [0.15, 0.2) is 5.78 Å². The molecule has 2 aromatic rings. The maximum atomic E-state index is 12.9. The summed E-state index contributed by atoms with van der Waals surface area (Å²) in [4.78, 5) is 12.9. The van der Waals surface area contributed by atoms with Gasteiger partial charge in [-0.15, -0.1) is 0 Å². The van der Waals surface area contributed by atoms with Crippen molar-refractivity contribution >= 4 is 16.7 Å². The van der Waals surface area contributed by atoms with E-state index in [9.17, 15) is 4.79 Å². The first-order chi connectivity index (χ1) is 9.18. The normalized spacial score (nSPS) is 20.3. The molecule has 0 bridgehead atoms. The molecule has 1 aliphatic rings. The van der Waals surface area contributed by atoms with E-state index in [-0.39, 0.29) is 16.7 Å². The van der Waals surface area contributed by atoms with Crippen LogP contribution in [0.5, 0.6) is 0 Å². The lowest BCUT2D eigenvalue weighted by Gasteiger charge is -2.03. The smallest absolute Gasteiger partial charge is 0.169 e. The third kappa shape index (κ3) is 1.54. The Balaban J connectivity index is 2.11. The monoisotopic (exact) mass is 269 g/mol. The van der Waals surface area contributed by atoms with Gasteiger partial charge in [0.2, 0.25) is 0 Å². The van der Waals surface area contributed by atoms with E-state index in [4.69, 9.17) is 0 Å². The molecule has 0 N–H and O–H groups in total. The molecule has 3 rings (SSSR count). The number of hydrogen-bond acceptors (Lipinski definition) is 1. The van der Waals surface area contributed by atoms with E-state index in [0.717, 1.165) is 16.5 Å². The van der Waals surface area contributed by atoms with Gasteiger partial charge in [-0.3, -0.25) is 4.79 Å². The van der Waals surface area contributed by atoms with Gasteiger partial charge in [-0.25, -0.2) is 0 Å². The van der Waals surface area contributed by atoms with Crippen molar-refractivity contribution in [2.75, 3.05) is 0 Å². The van der Waals surface area contributed by atoms with E-state index in [1.54, 1.807) is 0 Å². The molecule has 0 radical (unpaired) electrons. The minimum absolute atomic E-state index is 0.0942. The van der Waals surface area contributed by atoms with Crippen LogP contribution in [0.4, 0.5) is 0 Å². The molecule has 1 heterocycles. The molecule has 1 fully saturated rings. The highest BCUT2D eigenvalue weighted by Gasteiger charge is 2.68. The summed E-state index contributed by atoms with van der Waals surface area (Å²) in [6.45, 7) is 10.9. The van der Waals surface area contributed by atoms with Crippen molar-refractivity contribution in [2.24, 2.45) is 23.8 Å². The van der Waals surface area contributed by atoms with Crippen molar-refractivity contribution in [3.8, 4) is 0 Å². The first kappa shape index (κ1) is 13.4. The van der Waals surface area contributed by atoms with E-state index in [1.807, 2.05) is 13.2 Å². The predicted octanol–water partition coefficient (Wildman–Crippen LogP) is 4.35. The van der Waals surface area contributed by atoms with Crippen LogP contribution in [0.2, 0.25) is 0 Å². The van der Waals surface area contributed by atoms with Crippen LogP contribution in [0, 0.1) is 23.7 Å². The van der Waals surface area contributed by atoms with Crippen molar-refractivity contribution in [1.82, 2.24) is 4.57 Å². The van der Waals surface area contributed by atoms with Gasteiger partial charge in [0, 0.05) is 35.6 Å². The van der Waals surface area contributed by atoms with Crippen LogP contribution < -0.4 is 0 Å². The summed E-state index contributed by atoms with van der Waals surface area (Å²) in [5, 5.41) is 1.08. The summed E-state index contributed by atoms with van der Waals surface area (Å²) in [6.07, 6.45) is 2.00. The zero-order valence-electron chi connectivity index (χ0n) is 13.2. The molecule has 2 nitrogen and oxygen atoms in total. The number of carbonyl (C=O) groups excluding carboxylic acids is 1. The third-order valence-electron chi connectivity index (χ3n) is 5.69. The van der Waals surface area contributed by atoms with Gasteiger partial charge in [0.1, 0.15) is 0 Å². The van der Waals surface area contributed by atoms with Gasteiger partial charge < -0.3 is 4.57 Å². The highest BCUT2D eigenvalue weighted by atomic mass is 16.1. The summed E-state index contributed by atoms with van der Waals surface area (Å²) in [5.41, 5.74) is 3.44. The van der Waals surface area contributed by atoms with Crippen molar-refractivity contribution in [1.29, 1.82) is 0 Å². The fourth-order valence-corrected chi connectivity index (χ4v) is 3.70. The maximum Gasteiger partial charge on any atom is 0.169 e. The standard InChI is InChI=1S/C18H23NO/c1-11-7-8-12-13(10-19(6)14(12)9-11)15(20)16-17(2,3)18(16,4)5/h7-10,16H,1-6H3. The molecule has 1 aromatic heterocycles. The number of aryl methyl sites for hydroxylation is 2. The maximum absolute atomic E-state index is 12.9. The van der Waals surface area contributed by atoms with E-state index in [1.165, 1.54) is 5.56 Å². The zero-order valence-corrected chi connectivity index (χ0v) is 13.2. The molecular formula is C18H23NO. The summed E-state index contributed by atoms with van der Waals surface area (Å²) in [5.74, 6) is 0.427. The first-order valence-electron chi connectivity index (χ1n) is 7.28. The number of hydrogen-bond donors (Lipinski definition) is 0. The first-order valence-corrected chi connectivity index (χ1v) is 7.28. The van der Waals surface area contributed by atoms with E-state index in [2.05, 4.69) is 57.4 Å². The summed E-state index contributed by atoms with van der Waals surface area (Å²) < 4.78 is 2.07. The van der Waals surface area contributed by atoms with Crippen LogP contribution >= 0.6 is 0 Å². The number of carbonyl (C=O) groups is 1. The summed E-state index contributed by atoms with van der Waals surface area (Å²) >= 11 is 0. The molecule has 2 heteroatoms. The van der Waals surface area contributed by atoms with Crippen molar-refractivity contribution in [3.05, 3.63) is 35.5 Å². The topological polar surface area (TPSA) is 22.0 Å². The average Bonchev–Trinajstić information content (AvgIpc) is 2.63. The van der Waals surface area contributed by atoms with Crippen molar-refractivity contribution in [2.45, 2.75) is 34.6 Å². The Morgan fingerprint density at radius 1 is 1.15 bits per heavy atom. The molecule has 20 heavy (non-hydrogen) atoms. The van der Waals surface area contributed by atoms with Gasteiger partial charge in [-0.05, 0) is 29.4 Å². The van der Waals surface area contributed by atoms with Gasteiger partial charge in [-0.2, -0.15) is 0 Å². The van der Waals surface area contributed by atoms with Gasteiger partial charge in [-0.1, -0.05) is 39.8 Å². The molecule has 0 spiro atoms. The molecule has 0 saturated heterocycles. The van der Waals surface area contributed by atoms with Crippen LogP contribution in [-0.2, 0) is 7.05 Å². The second-order valence-electron chi connectivity index (χ2n) is 7.41. The highest BCUT2D eigenvalue weighted by Crippen LogP contribution is 2.69. The molecule has 0 atom stereocenters. The molecule has 1 aromatic carbocycles. The fourth-order valence-electron chi connectivity index (χ4n) is 3.70. The molecular weight excluding hydrogens is 246 g/mol. The number of benzene rings is 1. The fraction of sp³-hybridized carbons (Fsp3) is 0.500. The van der Waals surface area contributed by atoms with Gasteiger partial charge in [0.25, 0.3) is 0 Å². The number of nitrogens with zero attached hydrogens (tertiary/aromatic N) is 1. The average molecular weight is 269 g/mol. The van der Waals surface area contributed by atoms with Gasteiger partial charge >= 0.3 is 0 Å². The summed E-state index contributed by atoms with van der Waals surface area (Å²) in [7, 11) is 2.02. The molecule has 1 saturated carbocycles. The Labute approximate surface area is 120 Å². The molecule has 106 valence electrons. The highest BCUT2D eigenvalue weighted by molar-refractivity contribution is 6.11. The summed E-state index contributed by atoms with van der Waals surface area (Å²) in [6, 6.07) is 6.32. The Bertz CT molecular complexity index is 704. The Kier molecular flexibility index (Phi) is 2.51. The van der Waals surface area contributed by atoms with E-state index >= 15 is 0 Å². The van der Waals surface area contributed by atoms with Crippen LogP contribution in [0.3, 0.4) is 0 Å². The quantitative estimate of drug-likeness (QED) is 0.743. The molecule has 0 amide bonds. The Morgan fingerprint density at radius 3 is 2.30 bits per heavy atom. The van der Waals surface area contributed by atoms with Crippen LogP contribution in [0.1, 0.15) is 43.6 Å². The van der Waals surface area contributed by atoms with E-state index < -0.39 is 0 Å². The minimum atomic E-state index is 0.0942. The number of aromatic nitrogens is 1. The lowest BCUT2D eigenvalue weighted by molar-refractivity contribution is 0.0946. The lowest BCUT2D eigenvalue weighted by atomic mass is 10.0. The predicted molar refractivity (Wildman–Crippen MR) is 83.0 cm³/mol. The SMILES string of the molecule is Cc1ccc2c(C(=O)C3C(C)(C)C3(C)C)cn(C)c2c1. The minimum Gasteiger partial charge on any atom is -0.350 e. The van der Waals surface area contributed by atoms with Crippen LogP contribution in [0.15, 0.2) is 24.4 Å². The van der Waals surface area contributed by atoms with Crippen molar-refractivity contribution < 1.29 is 4.79 Å². The Hall–Kier alpha value is -1.57. The number of rotatable bonds is 2. The molecule has 1 aliphatic carbocycles. The number of ketones is 1. The van der Waals surface area contributed by atoms with Crippen LogP contribution in [-0.4, -0.2) is 10.4 Å². The second kappa shape index (κ2) is 3.75. The van der Waals surface area contributed by atoms with Gasteiger partial charge in [0.05, 0.1) is 0 Å². The number of Topliss-reactive ketones (excluding diaryl/α,β-unsaturated/α-hetero) is 1. The zero-order chi connectivity index (χ0) is 14.9. The Morgan fingerprint density at radius 2 is 1.75 bits per heavy atom. The third-order valence-corrected chi connectivity index (χ3v) is 5.69. The second-order valence-corrected chi connectivity index (χ2v) is 7.41. The van der Waals surface area contributed by atoms with E-state index in [0.29, 0.717) is 5.78 Å². The molecule has 0 aliphatic heterocycles. The van der Waals surface area contributed by atoms with Crippen molar-refractivity contribution in [3.63, 3.8) is 0 Å². The van der Waals surface area contributed by atoms with Crippen LogP contribution in [0.25, 0.3) is 10.9 Å². The number of fused-ring (bicyclic) bond motifs is 1. The molecule has 0 unspecified atom stereocenters. The lowest BCUT2D eigenvalue weighted by Crippen LogP contribution is -2.07.